The first-order valence-electron chi connectivity index (χ1n) is 17.0. The number of aliphatic hydroxyl groups is 3. The molecule has 0 spiro atoms. The molecule has 268 valence electrons. The molecule has 2 fully saturated rings. The van der Waals surface area contributed by atoms with E-state index in [1.165, 1.54) is 6.33 Å². The molecule has 1 unspecified atom stereocenters. The Morgan fingerprint density at radius 1 is 1.06 bits per heavy atom. The van der Waals surface area contributed by atoms with Gasteiger partial charge in [0.25, 0.3) is 0 Å². The Labute approximate surface area is 293 Å². The van der Waals surface area contributed by atoms with Gasteiger partial charge in [-0.1, -0.05) is 54.5 Å². The summed E-state index contributed by atoms with van der Waals surface area (Å²) in [6.07, 6.45) is -1.43. The molecule has 7 N–H and O–H groups in total. The van der Waals surface area contributed by atoms with Gasteiger partial charge in [-0.2, -0.15) is 9.97 Å². The van der Waals surface area contributed by atoms with Crippen LogP contribution in [0.5, 0.6) is 5.75 Å². The number of phenolic OH excluding ortho intramolecular Hbond substituents is 1. The lowest BCUT2D eigenvalue weighted by Crippen LogP contribution is -2.43. The number of rotatable bonds is 12. The molecule has 2 aromatic carbocycles. The number of aromatic hydroxyl groups is 1. The maximum Gasteiger partial charge on any atom is 0.315 e. The van der Waals surface area contributed by atoms with Crippen molar-refractivity contribution in [3.63, 3.8) is 0 Å². The Hall–Kier alpha value is -5.29. The molecule has 16 heteroatoms. The zero-order valence-corrected chi connectivity index (χ0v) is 28.0. The van der Waals surface area contributed by atoms with Crippen LogP contribution in [-0.2, 0) is 24.1 Å². The van der Waals surface area contributed by atoms with Gasteiger partial charge in [-0.3, -0.25) is 4.57 Å². The Kier molecular flexibility index (Phi) is 9.99. The van der Waals surface area contributed by atoms with Gasteiger partial charge in [-0.25, -0.2) is 9.78 Å². The van der Waals surface area contributed by atoms with E-state index < -0.39 is 30.6 Å². The molecule has 2 amide bonds. The standard InChI is InChI=1S/C35H41N9O7/c1-2-22-15-26(51-42-22)30-28(47)29(48)33(50-30)44-19-37-27-31(38-24(18-45)13-20-7-4-3-5-8-20)40-34(41-32(27)44)43-12-11-23(17-43)39-35(49)36-16-21-9-6-10-25(46)14-21/h3-10,14-15,19,23-24,28-30,33,45-48H,2,11-13,16-18H2,1H3,(H2,36,39,49)(H,38,40,41)/t23?,24-,28-,29+,30+,33+/m0/s1. The van der Waals surface area contributed by atoms with Crippen LogP contribution in [0.2, 0.25) is 0 Å². The van der Waals surface area contributed by atoms with Crippen LogP contribution in [0.1, 0.15) is 48.3 Å². The van der Waals surface area contributed by atoms with E-state index >= 15 is 0 Å². The van der Waals surface area contributed by atoms with Gasteiger partial charge in [0.15, 0.2) is 29.0 Å². The minimum atomic E-state index is -1.35. The number of aromatic nitrogens is 5. The van der Waals surface area contributed by atoms with Gasteiger partial charge in [0.05, 0.1) is 24.7 Å². The van der Waals surface area contributed by atoms with E-state index in [0.29, 0.717) is 66.7 Å². The highest BCUT2D eigenvalue weighted by atomic mass is 16.6. The van der Waals surface area contributed by atoms with Gasteiger partial charge in [0.1, 0.15) is 24.1 Å². The van der Waals surface area contributed by atoms with E-state index in [1.807, 2.05) is 48.2 Å². The third-order valence-electron chi connectivity index (χ3n) is 9.20. The molecule has 0 bridgehead atoms. The minimum Gasteiger partial charge on any atom is -0.508 e. The number of nitrogens with one attached hydrogen (secondary N) is 3. The van der Waals surface area contributed by atoms with Crippen LogP contribution < -0.4 is 20.9 Å². The van der Waals surface area contributed by atoms with Crippen LogP contribution in [0.25, 0.3) is 11.2 Å². The number of anilines is 2. The van der Waals surface area contributed by atoms with Crippen molar-refractivity contribution in [1.82, 2.24) is 35.3 Å². The number of urea groups is 1. The molecule has 0 radical (unpaired) electrons. The van der Waals surface area contributed by atoms with Crippen LogP contribution >= 0.6 is 0 Å². The van der Waals surface area contributed by atoms with Crippen molar-refractivity contribution < 1.29 is 34.5 Å². The molecule has 0 saturated carbocycles. The fraction of sp³-hybridized carbons (Fsp3) is 0.400. The first kappa shape index (κ1) is 34.2. The normalized spacial score (nSPS) is 22.4. The fourth-order valence-electron chi connectivity index (χ4n) is 6.48. The summed E-state index contributed by atoms with van der Waals surface area (Å²) in [6, 6.07) is 17.2. The summed E-state index contributed by atoms with van der Waals surface area (Å²) < 4.78 is 13.2. The van der Waals surface area contributed by atoms with Crippen molar-refractivity contribution in [1.29, 1.82) is 0 Å². The number of carbonyl (C=O) groups is 1. The summed E-state index contributed by atoms with van der Waals surface area (Å²) in [7, 11) is 0. The summed E-state index contributed by atoms with van der Waals surface area (Å²) in [6.45, 7) is 2.96. The molecule has 3 aromatic heterocycles. The summed E-state index contributed by atoms with van der Waals surface area (Å²) >= 11 is 0. The molecular weight excluding hydrogens is 658 g/mol. The van der Waals surface area contributed by atoms with E-state index in [9.17, 15) is 25.2 Å². The zero-order chi connectivity index (χ0) is 35.5. The van der Waals surface area contributed by atoms with Crippen LogP contribution in [-0.4, -0.2) is 95.1 Å². The highest BCUT2D eigenvalue weighted by Gasteiger charge is 2.47. The minimum absolute atomic E-state index is 0.129. The van der Waals surface area contributed by atoms with Gasteiger partial charge >= 0.3 is 6.03 Å². The maximum absolute atomic E-state index is 12.7. The number of benzene rings is 2. The Balaban J connectivity index is 1.14. The number of fused-ring (bicyclic) bond motifs is 1. The molecule has 5 heterocycles. The number of hydrogen-bond donors (Lipinski definition) is 7. The van der Waals surface area contributed by atoms with Crippen molar-refractivity contribution in [3.05, 3.63) is 89.6 Å². The molecule has 2 saturated heterocycles. The number of ether oxygens (including phenoxy) is 1. The zero-order valence-electron chi connectivity index (χ0n) is 28.0. The molecule has 16 nitrogen and oxygen atoms in total. The van der Waals surface area contributed by atoms with Gasteiger partial charge in [-0.05, 0) is 42.5 Å². The summed E-state index contributed by atoms with van der Waals surface area (Å²) in [4.78, 5) is 29.0. The van der Waals surface area contributed by atoms with Crippen LogP contribution in [0.15, 0.2) is 71.5 Å². The molecule has 5 aromatic rings. The van der Waals surface area contributed by atoms with Crippen molar-refractivity contribution in [3.8, 4) is 5.75 Å². The monoisotopic (exact) mass is 699 g/mol. The molecule has 6 atom stereocenters. The van der Waals surface area contributed by atoms with Gasteiger partial charge in [0, 0.05) is 31.7 Å². The lowest BCUT2D eigenvalue weighted by Gasteiger charge is -2.22. The predicted molar refractivity (Wildman–Crippen MR) is 185 cm³/mol. The van der Waals surface area contributed by atoms with Crippen LogP contribution in [0, 0.1) is 0 Å². The second-order valence-corrected chi connectivity index (χ2v) is 12.8. The third-order valence-corrected chi connectivity index (χ3v) is 9.20. The highest BCUT2D eigenvalue weighted by Crippen LogP contribution is 2.40. The number of aliphatic hydroxyl groups excluding tert-OH is 3. The first-order valence-corrected chi connectivity index (χ1v) is 17.0. The Morgan fingerprint density at radius 2 is 1.88 bits per heavy atom. The van der Waals surface area contributed by atoms with Gasteiger partial charge in [0.2, 0.25) is 5.95 Å². The number of phenols is 1. The Bertz CT molecular complexity index is 1950. The third kappa shape index (κ3) is 7.44. The molecular formula is C35H41N9O7. The smallest absolute Gasteiger partial charge is 0.315 e. The summed E-state index contributed by atoms with van der Waals surface area (Å²) in [5.74, 6) is 1.15. The van der Waals surface area contributed by atoms with E-state index in [1.54, 1.807) is 28.8 Å². The van der Waals surface area contributed by atoms with Crippen LogP contribution in [0.3, 0.4) is 0 Å². The molecule has 0 aliphatic carbocycles. The van der Waals surface area contributed by atoms with Crippen molar-refractivity contribution in [2.45, 2.75) is 69.4 Å². The largest absolute Gasteiger partial charge is 0.508 e. The van der Waals surface area contributed by atoms with Crippen molar-refractivity contribution in [2.24, 2.45) is 0 Å². The molecule has 2 aliphatic heterocycles. The number of carbonyl (C=O) groups excluding carboxylic acids is 1. The first-order chi connectivity index (χ1) is 24.8. The average molecular weight is 700 g/mol. The Morgan fingerprint density at radius 3 is 2.65 bits per heavy atom. The fourth-order valence-corrected chi connectivity index (χ4v) is 6.48. The highest BCUT2D eigenvalue weighted by molar-refractivity contribution is 5.85. The van der Waals surface area contributed by atoms with E-state index in [0.717, 1.165) is 11.1 Å². The second kappa shape index (κ2) is 14.9. The summed E-state index contributed by atoms with van der Waals surface area (Å²) in [5.41, 5.74) is 3.21. The molecule has 2 aliphatic rings. The lowest BCUT2D eigenvalue weighted by atomic mass is 10.1. The predicted octanol–water partition coefficient (Wildman–Crippen LogP) is 2.17. The lowest BCUT2D eigenvalue weighted by molar-refractivity contribution is -0.0434. The van der Waals surface area contributed by atoms with Gasteiger partial charge < -0.3 is 50.5 Å². The van der Waals surface area contributed by atoms with Crippen LogP contribution in [0.4, 0.5) is 16.6 Å². The second-order valence-electron chi connectivity index (χ2n) is 12.8. The summed E-state index contributed by atoms with van der Waals surface area (Å²) in [5, 5.41) is 55.4. The van der Waals surface area contributed by atoms with Crippen molar-refractivity contribution >= 4 is 29.0 Å². The van der Waals surface area contributed by atoms with E-state index in [-0.39, 0.29) is 31.0 Å². The topological polar surface area (TPSA) is 216 Å². The number of nitrogens with zero attached hydrogens (tertiary/aromatic N) is 6. The molecule has 51 heavy (non-hydrogen) atoms. The van der Waals surface area contributed by atoms with E-state index in [4.69, 9.17) is 19.2 Å². The molecule has 7 rings (SSSR count). The number of amides is 2. The number of imidazole rings is 1. The number of aryl methyl sites for hydroxylation is 1. The average Bonchev–Trinajstić information content (AvgIpc) is 3.95. The van der Waals surface area contributed by atoms with E-state index in [2.05, 4.69) is 26.1 Å². The van der Waals surface area contributed by atoms with Crippen molar-refractivity contribution in [2.75, 3.05) is 29.9 Å². The quantitative estimate of drug-likeness (QED) is 0.0995. The van der Waals surface area contributed by atoms with Gasteiger partial charge in [-0.15, -0.1) is 0 Å². The maximum atomic E-state index is 12.7. The number of hydrogen-bond acceptors (Lipinski definition) is 13. The SMILES string of the molecule is CCc1cc([C@H]2O[C@@H](n3cnc4c(N[C@H](CO)Cc5ccccc5)nc(N5CCC(NC(=O)NCc6cccc(O)c6)C5)nc43)[C@H](O)[C@@H]2O)on1.